The van der Waals surface area contributed by atoms with Crippen molar-refractivity contribution in [2.75, 3.05) is 13.7 Å². The predicted octanol–water partition coefficient (Wildman–Crippen LogP) is 2.05. The van der Waals surface area contributed by atoms with E-state index < -0.39 is 5.60 Å². The van der Waals surface area contributed by atoms with E-state index in [1.807, 2.05) is 31.5 Å². The minimum Gasteiger partial charge on any atom is -0.481 e. The number of methoxy groups -OCH3 is 1. The molecular formula is C15H23N3O2S. The summed E-state index contributed by atoms with van der Waals surface area (Å²) in [5, 5.41) is 20.3. The molecule has 2 aromatic heterocycles. The van der Waals surface area contributed by atoms with Crippen LogP contribution in [0.5, 0.6) is 5.88 Å². The van der Waals surface area contributed by atoms with E-state index in [9.17, 15) is 5.11 Å². The zero-order valence-electron chi connectivity index (χ0n) is 13.0. The number of hydrogen-bond donors (Lipinski definition) is 2. The van der Waals surface area contributed by atoms with Crippen molar-refractivity contribution >= 4 is 11.3 Å². The summed E-state index contributed by atoms with van der Waals surface area (Å²) in [5.74, 6) is 0.773. The van der Waals surface area contributed by atoms with E-state index in [1.165, 1.54) is 0 Å². The number of aromatic nitrogens is 2. The lowest BCUT2D eigenvalue weighted by atomic mass is 10.1. The molecule has 0 radical (unpaired) electrons. The number of rotatable bonds is 7. The maximum atomic E-state index is 10.5. The summed E-state index contributed by atoms with van der Waals surface area (Å²) in [5.41, 5.74) is 1.22. The number of aryl methyl sites for hydroxylation is 2. The Labute approximate surface area is 129 Å². The molecule has 0 aliphatic heterocycles. The summed E-state index contributed by atoms with van der Waals surface area (Å²) < 4.78 is 7.17. The molecule has 2 rings (SSSR count). The highest BCUT2D eigenvalue weighted by atomic mass is 32.1. The molecule has 5 nitrogen and oxygen atoms in total. The van der Waals surface area contributed by atoms with E-state index in [1.54, 1.807) is 23.1 Å². The fraction of sp³-hybridized carbons (Fsp3) is 0.533. The van der Waals surface area contributed by atoms with Crippen molar-refractivity contribution in [1.82, 2.24) is 15.1 Å². The number of hydrogen-bond acceptors (Lipinski definition) is 5. The molecule has 2 aromatic rings. The van der Waals surface area contributed by atoms with Crippen LogP contribution in [0.2, 0.25) is 0 Å². The first-order chi connectivity index (χ1) is 9.99. The van der Waals surface area contributed by atoms with Crippen molar-refractivity contribution in [3.05, 3.63) is 33.6 Å². The molecule has 0 saturated carbocycles. The summed E-state index contributed by atoms with van der Waals surface area (Å²) in [6.45, 7) is 5.01. The minimum absolute atomic E-state index is 0.481. The van der Waals surface area contributed by atoms with E-state index in [0.29, 0.717) is 13.1 Å². The molecule has 116 valence electrons. The van der Waals surface area contributed by atoms with Crippen molar-refractivity contribution in [3.8, 4) is 5.88 Å². The van der Waals surface area contributed by atoms with Gasteiger partial charge in [-0.3, -0.25) is 0 Å². The Morgan fingerprint density at radius 3 is 2.86 bits per heavy atom. The first-order valence-electron chi connectivity index (χ1n) is 7.05. The third-order valence-corrected chi connectivity index (χ3v) is 4.65. The molecule has 2 heterocycles. The van der Waals surface area contributed by atoms with Crippen molar-refractivity contribution in [1.29, 1.82) is 0 Å². The van der Waals surface area contributed by atoms with E-state index in [0.717, 1.165) is 28.4 Å². The highest BCUT2D eigenvalue weighted by Gasteiger charge is 2.24. The largest absolute Gasteiger partial charge is 0.481 e. The average Bonchev–Trinajstić information content (AvgIpc) is 3.07. The van der Waals surface area contributed by atoms with Crippen LogP contribution in [0.25, 0.3) is 0 Å². The molecule has 0 amide bonds. The van der Waals surface area contributed by atoms with Gasteiger partial charge in [0.2, 0.25) is 5.88 Å². The van der Waals surface area contributed by atoms with Crippen molar-refractivity contribution in [2.45, 2.75) is 32.4 Å². The maximum absolute atomic E-state index is 10.5. The number of aliphatic hydroxyl groups is 1. The Hall–Kier alpha value is -1.37. The predicted molar refractivity (Wildman–Crippen MR) is 84.7 cm³/mol. The van der Waals surface area contributed by atoms with Crippen molar-refractivity contribution < 1.29 is 9.84 Å². The molecule has 0 aromatic carbocycles. The molecule has 1 unspecified atom stereocenters. The van der Waals surface area contributed by atoms with Gasteiger partial charge in [-0.25, -0.2) is 4.68 Å². The van der Waals surface area contributed by atoms with Gasteiger partial charge in [0.15, 0.2) is 0 Å². The molecule has 0 aliphatic rings. The zero-order chi connectivity index (χ0) is 15.5. The number of ether oxygens (including phenoxy) is 1. The van der Waals surface area contributed by atoms with Crippen LogP contribution in [0.15, 0.2) is 17.5 Å². The van der Waals surface area contributed by atoms with E-state index in [-0.39, 0.29) is 0 Å². The minimum atomic E-state index is -0.865. The topological polar surface area (TPSA) is 59.3 Å². The lowest BCUT2D eigenvalue weighted by Crippen LogP contribution is -2.34. The van der Waals surface area contributed by atoms with Crippen LogP contribution in [-0.4, -0.2) is 28.5 Å². The van der Waals surface area contributed by atoms with Gasteiger partial charge in [-0.05, 0) is 24.8 Å². The molecule has 1 atom stereocenters. The second-order valence-corrected chi connectivity index (χ2v) is 6.21. The third kappa shape index (κ3) is 3.45. The fourth-order valence-electron chi connectivity index (χ4n) is 2.43. The second-order valence-electron chi connectivity index (χ2n) is 5.27. The molecule has 2 N–H and O–H groups in total. The van der Waals surface area contributed by atoms with Gasteiger partial charge in [0.1, 0.15) is 5.60 Å². The summed E-state index contributed by atoms with van der Waals surface area (Å²) in [6.07, 6.45) is 0.857. The molecule has 0 aliphatic carbocycles. The lowest BCUT2D eigenvalue weighted by molar-refractivity contribution is 0.0603. The van der Waals surface area contributed by atoms with Gasteiger partial charge in [-0.1, -0.05) is 13.0 Å². The van der Waals surface area contributed by atoms with Crippen LogP contribution in [-0.2, 0) is 25.6 Å². The van der Waals surface area contributed by atoms with Crippen LogP contribution in [0.1, 0.15) is 30.0 Å². The van der Waals surface area contributed by atoms with Gasteiger partial charge in [-0.15, -0.1) is 11.3 Å². The van der Waals surface area contributed by atoms with Crippen LogP contribution in [0.4, 0.5) is 0 Å². The van der Waals surface area contributed by atoms with Crippen LogP contribution < -0.4 is 10.1 Å². The highest BCUT2D eigenvalue weighted by molar-refractivity contribution is 7.10. The highest BCUT2D eigenvalue weighted by Crippen LogP contribution is 2.25. The summed E-state index contributed by atoms with van der Waals surface area (Å²) >= 11 is 1.56. The van der Waals surface area contributed by atoms with Gasteiger partial charge in [-0.2, -0.15) is 5.10 Å². The first kappa shape index (κ1) is 16.0. The summed E-state index contributed by atoms with van der Waals surface area (Å²) in [4.78, 5) is 0.962. The van der Waals surface area contributed by atoms with Gasteiger partial charge in [0.25, 0.3) is 0 Å². The van der Waals surface area contributed by atoms with Gasteiger partial charge >= 0.3 is 0 Å². The molecule has 6 heteroatoms. The first-order valence-corrected chi connectivity index (χ1v) is 7.93. The lowest BCUT2D eigenvalue weighted by Gasteiger charge is -2.22. The molecule has 0 fully saturated rings. The number of nitrogens with one attached hydrogen (secondary N) is 1. The molecule has 21 heavy (non-hydrogen) atoms. The second kappa shape index (κ2) is 6.60. The molecule has 0 saturated heterocycles. The van der Waals surface area contributed by atoms with Crippen LogP contribution >= 0.6 is 11.3 Å². The fourth-order valence-corrected chi connectivity index (χ4v) is 3.21. The monoisotopic (exact) mass is 309 g/mol. The molecule has 0 spiro atoms. The quantitative estimate of drug-likeness (QED) is 0.822. The summed E-state index contributed by atoms with van der Waals surface area (Å²) in [7, 11) is 3.53. The Morgan fingerprint density at radius 1 is 1.52 bits per heavy atom. The van der Waals surface area contributed by atoms with Gasteiger partial charge in [0, 0.05) is 25.0 Å². The van der Waals surface area contributed by atoms with E-state index >= 15 is 0 Å². The van der Waals surface area contributed by atoms with Crippen molar-refractivity contribution in [3.63, 3.8) is 0 Å². The van der Waals surface area contributed by atoms with Crippen molar-refractivity contribution in [2.24, 2.45) is 7.05 Å². The third-order valence-electron chi connectivity index (χ3n) is 3.52. The van der Waals surface area contributed by atoms with E-state index in [4.69, 9.17) is 4.74 Å². The Bertz CT molecular complexity index is 576. The van der Waals surface area contributed by atoms with Crippen LogP contribution in [0.3, 0.4) is 0 Å². The zero-order valence-corrected chi connectivity index (χ0v) is 13.8. The smallest absolute Gasteiger partial charge is 0.216 e. The number of thiophene rings is 1. The standard InChI is InChI=1S/C15H23N3O2S/c1-5-12-11(14(20-4)18(3)17-12)9-16-10-15(2,19)13-7-6-8-21-13/h6-8,16,19H,5,9-10H2,1-4H3. The Balaban J connectivity index is 2.04. The van der Waals surface area contributed by atoms with Gasteiger partial charge < -0.3 is 15.2 Å². The SMILES string of the molecule is CCc1nn(C)c(OC)c1CNCC(C)(O)c1cccs1. The Kier molecular flexibility index (Phi) is 5.03. The van der Waals surface area contributed by atoms with Gasteiger partial charge in [0.05, 0.1) is 18.4 Å². The summed E-state index contributed by atoms with van der Waals surface area (Å²) in [6, 6.07) is 3.91. The molecular weight excluding hydrogens is 286 g/mol. The van der Waals surface area contributed by atoms with Crippen LogP contribution in [0, 0.1) is 0 Å². The van der Waals surface area contributed by atoms with E-state index in [2.05, 4.69) is 17.3 Å². The maximum Gasteiger partial charge on any atom is 0.216 e. The normalized spacial score (nSPS) is 14.1. The average molecular weight is 309 g/mol. The Morgan fingerprint density at radius 2 is 2.29 bits per heavy atom. The molecule has 0 bridgehead atoms. The number of nitrogens with zero attached hydrogens (tertiary/aromatic N) is 2.